The Morgan fingerprint density at radius 3 is 2.41 bits per heavy atom. The van der Waals surface area contributed by atoms with Gasteiger partial charge in [-0.25, -0.2) is 4.79 Å². The van der Waals surface area contributed by atoms with Gasteiger partial charge in [-0.1, -0.05) is 56.7 Å². The highest BCUT2D eigenvalue weighted by atomic mass is 16.7. The molecule has 6 nitrogen and oxygen atoms in total. The fourth-order valence-corrected chi connectivity index (χ4v) is 3.12. The van der Waals surface area contributed by atoms with Crippen molar-refractivity contribution in [2.75, 3.05) is 13.4 Å². The molecule has 0 spiro atoms. The molecular formula is C23H32O6. The molecule has 0 saturated carbocycles. The highest BCUT2D eigenvalue weighted by molar-refractivity contribution is 5.81. The number of fused-ring (bicyclic) bond motifs is 1. The summed E-state index contributed by atoms with van der Waals surface area (Å²) in [5.41, 5.74) is 1.14. The van der Waals surface area contributed by atoms with Gasteiger partial charge >= 0.3 is 12.1 Å². The van der Waals surface area contributed by atoms with Crippen LogP contribution in [0, 0.1) is 0 Å². The summed E-state index contributed by atoms with van der Waals surface area (Å²) in [6, 6.07) is 6.00. The van der Waals surface area contributed by atoms with E-state index in [9.17, 15) is 9.59 Å². The fraction of sp³-hybridized carbons (Fsp3) is 0.565. The minimum atomic E-state index is -0.900. The molecule has 0 unspecified atom stereocenters. The van der Waals surface area contributed by atoms with Gasteiger partial charge in [0.15, 0.2) is 11.5 Å². The minimum Gasteiger partial charge on any atom is -0.454 e. The first kappa shape index (κ1) is 22.8. The smallest absolute Gasteiger partial charge is 0.454 e. The second-order valence-electron chi connectivity index (χ2n) is 7.04. The van der Waals surface area contributed by atoms with Gasteiger partial charge in [0.2, 0.25) is 6.79 Å². The predicted octanol–water partition coefficient (Wildman–Crippen LogP) is 6.03. The molecule has 0 radical (unpaired) electrons. The largest absolute Gasteiger partial charge is 0.516 e. The van der Waals surface area contributed by atoms with Crippen molar-refractivity contribution in [1.29, 1.82) is 0 Å². The number of carbonyl (C=O) groups is 2. The van der Waals surface area contributed by atoms with E-state index in [2.05, 4.69) is 21.6 Å². The zero-order chi connectivity index (χ0) is 20.7. The molecular weight excluding hydrogens is 372 g/mol. The molecule has 1 heterocycles. The van der Waals surface area contributed by atoms with E-state index in [4.69, 9.17) is 9.47 Å². The van der Waals surface area contributed by atoms with Crippen molar-refractivity contribution in [2.24, 2.45) is 0 Å². The Kier molecular flexibility index (Phi) is 10.7. The molecule has 6 heteroatoms. The second kappa shape index (κ2) is 13.6. The van der Waals surface area contributed by atoms with E-state index in [1.54, 1.807) is 6.92 Å². The van der Waals surface area contributed by atoms with E-state index in [-0.39, 0.29) is 13.0 Å². The number of rotatable bonds is 13. The maximum Gasteiger partial charge on any atom is 0.516 e. The number of carbonyl (C=O) groups excluding carboxylic acids is 2. The van der Waals surface area contributed by atoms with Crippen molar-refractivity contribution in [1.82, 2.24) is 0 Å². The topological polar surface area (TPSA) is 71.1 Å². The van der Waals surface area contributed by atoms with E-state index < -0.39 is 12.1 Å². The lowest BCUT2D eigenvalue weighted by molar-refractivity contribution is -0.139. The van der Waals surface area contributed by atoms with Gasteiger partial charge in [0.05, 0.1) is 6.61 Å². The van der Waals surface area contributed by atoms with Crippen LogP contribution in [0.15, 0.2) is 24.3 Å². The highest BCUT2D eigenvalue weighted by Gasteiger charge is 2.12. The minimum absolute atomic E-state index is 0.211. The molecule has 0 fully saturated rings. The summed E-state index contributed by atoms with van der Waals surface area (Å²) in [6.07, 6.45) is 13.7. The molecule has 0 atom stereocenters. The van der Waals surface area contributed by atoms with Gasteiger partial charge < -0.3 is 18.9 Å². The van der Waals surface area contributed by atoms with E-state index in [1.165, 1.54) is 32.1 Å². The van der Waals surface area contributed by atoms with Crippen molar-refractivity contribution in [3.8, 4) is 11.5 Å². The summed E-state index contributed by atoms with van der Waals surface area (Å²) in [7, 11) is 0. The van der Waals surface area contributed by atoms with Crippen LogP contribution in [0.5, 0.6) is 11.5 Å². The average Bonchev–Trinajstić information content (AvgIpc) is 3.16. The Morgan fingerprint density at radius 2 is 1.66 bits per heavy atom. The average molecular weight is 405 g/mol. The molecule has 0 aromatic heterocycles. The lowest BCUT2D eigenvalue weighted by atomic mass is 10.1. The Morgan fingerprint density at radius 1 is 0.966 bits per heavy atom. The zero-order valence-corrected chi connectivity index (χ0v) is 17.3. The molecule has 1 aliphatic rings. The van der Waals surface area contributed by atoms with Gasteiger partial charge in [-0.2, -0.15) is 0 Å². The summed E-state index contributed by atoms with van der Waals surface area (Å²) in [5, 5.41) is 0. The van der Waals surface area contributed by atoms with Crippen LogP contribution in [0.1, 0.15) is 76.7 Å². The lowest BCUT2D eigenvalue weighted by Crippen LogP contribution is -2.13. The van der Waals surface area contributed by atoms with Gasteiger partial charge in [-0.3, -0.25) is 4.79 Å². The lowest BCUT2D eigenvalue weighted by Gasteiger charge is -2.03. The van der Waals surface area contributed by atoms with Crippen molar-refractivity contribution in [3.63, 3.8) is 0 Å². The Bertz CT molecular complexity index is 667. The van der Waals surface area contributed by atoms with Crippen LogP contribution in [0.4, 0.5) is 4.79 Å². The maximum absolute atomic E-state index is 11.4. The first-order chi connectivity index (χ1) is 14.2. The molecule has 0 bridgehead atoms. The number of hydrogen-bond acceptors (Lipinski definition) is 6. The SMILES string of the molecule is CCOC(=O)OC(=O)CCCCCCCCCC/C=C/c1ccc2c(c1)OCO2. The van der Waals surface area contributed by atoms with Crippen molar-refractivity contribution in [3.05, 3.63) is 29.8 Å². The Balaban J connectivity index is 1.39. The van der Waals surface area contributed by atoms with Crippen LogP contribution in [0.3, 0.4) is 0 Å². The summed E-state index contributed by atoms with van der Waals surface area (Å²) in [6.45, 7) is 2.19. The molecule has 1 aliphatic heterocycles. The molecule has 29 heavy (non-hydrogen) atoms. The van der Waals surface area contributed by atoms with E-state index in [0.717, 1.165) is 42.7 Å². The monoisotopic (exact) mass is 404 g/mol. The van der Waals surface area contributed by atoms with E-state index in [0.29, 0.717) is 6.79 Å². The third-order valence-electron chi connectivity index (χ3n) is 4.67. The number of hydrogen-bond donors (Lipinski definition) is 0. The molecule has 1 aromatic rings. The number of benzene rings is 1. The van der Waals surface area contributed by atoms with Crippen LogP contribution >= 0.6 is 0 Å². The highest BCUT2D eigenvalue weighted by Crippen LogP contribution is 2.32. The molecule has 160 valence electrons. The first-order valence-electron chi connectivity index (χ1n) is 10.6. The van der Waals surface area contributed by atoms with Gasteiger partial charge in [0.25, 0.3) is 0 Å². The second-order valence-corrected chi connectivity index (χ2v) is 7.04. The van der Waals surface area contributed by atoms with Crippen LogP contribution in [-0.2, 0) is 14.3 Å². The van der Waals surface area contributed by atoms with Gasteiger partial charge in [-0.15, -0.1) is 0 Å². The van der Waals surface area contributed by atoms with Crippen molar-refractivity contribution < 1.29 is 28.5 Å². The third kappa shape index (κ3) is 9.50. The Labute approximate surface area is 173 Å². The number of allylic oxidation sites excluding steroid dienone is 1. The zero-order valence-electron chi connectivity index (χ0n) is 17.3. The van der Waals surface area contributed by atoms with Crippen LogP contribution in [0.2, 0.25) is 0 Å². The standard InChI is InChI=1S/C23H32O6/c1-2-26-23(25)29-22(24)14-12-10-8-6-4-3-5-7-9-11-13-19-15-16-20-21(17-19)28-18-27-20/h11,13,15-17H,2-10,12,14,18H2,1H3/b13-11+. The van der Waals surface area contributed by atoms with Gasteiger partial charge in [-0.05, 0) is 43.9 Å². The van der Waals surface area contributed by atoms with Crippen LogP contribution in [-0.4, -0.2) is 25.5 Å². The Hall–Kier alpha value is -2.50. The van der Waals surface area contributed by atoms with Gasteiger partial charge in [0, 0.05) is 6.42 Å². The predicted molar refractivity (Wildman–Crippen MR) is 111 cm³/mol. The fourth-order valence-electron chi connectivity index (χ4n) is 3.12. The summed E-state index contributed by atoms with van der Waals surface area (Å²) in [4.78, 5) is 22.4. The van der Waals surface area contributed by atoms with Crippen molar-refractivity contribution >= 4 is 18.2 Å². The maximum atomic E-state index is 11.4. The third-order valence-corrected chi connectivity index (χ3v) is 4.67. The summed E-state index contributed by atoms with van der Waals surface area (Å²) >= 11 is 0. The summed E-state index contributed by atoms with van der Waals surface area (Å²) in [5.74, 6) is 1.14. The summed E-state index contributed by atoms with van der Waals surface area (Å²) < 4.78 is 19.8. The number of ether oxygens (including phenoxy) is 4. The molecule has 2 rings (SSSR count). The number of unbranched alkanes of at least 4 members (excludes halogenated alkanes) is 8. The molecule has 0 saturated heterocycles. The molecule has 0 amide bonds. The van der Waals surface area contributed by atoms with Crippen LogP contribution in [0.25, 0.3) is 6.08 Å². The van der Waals surface area contributed by atoms with Crippen LogP contribution < -0.4 is 9.47 Å². The molecule has 0 aliphatic carbocycles. The van der Waals surface area contributed by atoms with Gasteiger partial charge in [0.1, 0.15) is 0 Å². The van der Waals surface area contributed by atoms with Crippen molar-refractivity contribution in [2.45, 2.75) is 71.1 Å². The first-order valence-corrected chi connectivity index (χ1v) is 10.6. The quantitative estimate of drug-likeness (QED) is 0.227. The van der Waals surface area contributed by atoms with E-state index >= 15 is 0 Å². The number of esters is 1. The molecule has 0 N–H and O–H groups in total. The van der Waals surface area contributed by atoms with E-state index in [1.807, 2.05) is 18.2 Å². The normalized spacial score (nSPS) is 12.3. The molecule has 1 aromatic carbocycles.